The van der Waals surface area contributed by atoms with Gasteiger partial charge in [0.15, 0.2) is 0 Å². The van der Waals surface area contributed by atoms with Crippen molar-refractivity contribution in [3.8, 4) is 0 Å². The number of hydrogen-bond donors (Lipinski definition) is 2. The number of aromatic nitrogens is 2. The van der Waals surface area contributed by atoms with E-state index in [2.05, 4.69) is 30.4 Å². The van der Waals surface area contributed by atoms with Crippen LogP contribution in [0.4, 0.5) is 5.95 Å². The summed E-state index contributed by atoms with van der Waals surface area (Å²) in [6.07, 6.45) is 4.41. The Balaban J connectivity index is 1.25. The summed E-state index contributed by atoms with van der Waals surface area (Å²) in [5.74, 6) is 0.417. The van der Waals surface area contributed by atoms with E-state index in [4.69, 9.17) is 0 Å². The molecular formula is C18H24N6O2S. The van der Waals surface area contributed by atoms with Gasteiger partial charge in [-0.05, 0) is 30.5 Å². The normalized spacial score (nSPS) is 14.7. The second-order valence-electron chi connectivity index (χ2n) is 6.24. The Hall–Kier alpha value is -2.52. The maximum absolute atomic E-state index is 11.8. The van der Waals surface area contributed by atoms with Crippen LogP contribution in [0.5, 0.6) is 0 Å². The van der Waals surface area contributed by atoms with Gasteiger partial charge in [-0.2, -0.15) is 0 Å². The van der Waals surface area contributed by atoms with E-state index in [1.165, 1.54) is 11.3 Å². The van der Waals surface area contributed by atoms with Crippen molar-refractivity contribution in [2.45, 2.75) is 6.42 Å². The predicted molar refractivity (Wildman–Crippen MR) is 105 cm³/mol. The average molecular weight is 388 g/mol. The number of rotatable bonds is 8. The van der Waals surface area contributed by atoms with Gasteiger partial charge < -0.3 is 15.5 Å². The van der Waals surface area contributed by atoms with Crippen LogP contribution in [0.25, 0.3) is 0 Å². The molecule has 0 spiro atoms. The number of carbonyl (C=O) groups is 2. The third-order valence-electron chi connectivity index (χ3n) is 4.34. The lowest BCUT2D eigenvalue weighted by molar-refractivity contribution is -0.120. The van der Waals surface area contributed by atoms with Gasteiger partial charge in [0.25, 0.3) is 5.91 Å². The minimum absolute atomic E-state index is 0.00643. The van der Waals surface area contributed by atoms with Crippen LogP contribution in [-0.2, 0) is 4.79 Å². The molecule has 2 aromatic rings. The van der Waals surface area contributed by atoms with E-state index < -0.39 is 0 Å². The summed E-state index contributed by atoms with van der Waals surface area (Å²) in [6, 6.07) is 5.37. The Kier molecular flexibility index (Phi) is 7.11. The van der Waals surface area contributed by atoms with Crippen molar-refractivity contribution >= 4 is 29.1 Å². The molecule has 0 radical (unpaired) electrons. The summed E-state index contributed by atoms with van der Waals surface area (Å²) < 4.78 is 0. The summed E-state index contributed by atoms with van der Waals surface area (Å²) in [5.41, 5.74) is 0. The first kappa shape index (κ1) is 19.2. The smallest absolute Gasteiger partial charge is 0.261 e. The van der Waals surface area contributed by atoms with E-state index in [0.29, 0.717) is 11.4 Å². The predicted octanol–water partition coefficient (Wildman–Crippen LogP) is 0.596. The summed E-state index contributed by atoms with van der Waals surface area (Å²) in [6.45, 7) is 5.29. The molecule has 1 aliphatic rings. The number of anilines is 1. The third-order valence-corrected chi connectivity index (χ3v) is 5.20. The van der Waals surface area contributed by atoms with E-state index in [1.807, 2.05) is 17.5 Å². The third kappa shape index (κ3) is 6.00. The Bertz CT molecular complexity index is 717. The molecule has 3 rings (SSSR count). The van der Waals surface area contributed by atoms with Crippen molar-refractivity contribution in [3.05, 3.63) is 40.8 Å². The Morgan fingerprint density at radius 2 is 1.85 bits per heavy atom. The summed E-state index contributed by atoms with van der Waals surface area (Å²) >= 11 is 1.36. The lowest BCUT2D eigenvalue weighted by Crippen LogP contribution is -2.47. The molecule has 0 aliphatic carbocycles. The van der Waals surface area contributed by atoms with E-state index in [-0.39, 0.29) is 18.4 Å². The number of nitrogens with zero attached hydrogens (tertiary/aromatic N) is 4. The first-order valence-corrected chi connectivity index (χ1v) is 9.93. The lowest BCUT2D eigenvalue weighted by atomic mass is 10.3. The summed E-state index contributed by atoms with van der Waals surface area (Å²) in [4.78, 5) is 37.3. The zero-order valence-electron chi connectivity index (χ0n) is 15.1. The molecule has 1 aliphatic heterocycles. The van der Waals surface area contributed by atoms with Crippen LogP contribution >= 0.6 is 11.3 Å². The molecule has 1 fully saturated rings. The molecule has 27 heavy (non-hydrogen) atoms. The van der Waals surface area contributed by atoms with Gasteiger partial charge in [0.2, 0.25) is 11.9 Å². The number of piperazine rings is 1. The fourth-order valence-corrected chi connectivity index (χ4v) is 3.51. The highest BCUT2D eigenvalue weighted by atomic mass is 32.1. The minimum atomic E-state index is -0.208. The second kappa shape index (κ2) is 9.98. The molecule has 2 N–H and O–H groups in total. The van der Waals surface area contributed by atoms with Gasteiger partial charge in [-0.15, -0.1) is 11.3 Å². The topological polar surface area (TPSA) is 90.5 Å². The number of thiophene rings is 1. The Labute approximate surface area is 162 Å². The molecule has 0 saturated carbocycles. The van der Waals surface area contributed by atoms with Crippen molar-refractivity contribution in [2.24, 2.45) is 0 Å². The van der Waals surface area contributed by atoms with Crippen molar-refractivity contribution in [2.75, 3.05) is 50.7 Å². The van der Waals surface area contributed by atoms with Gasteiger partial charge >= 0.3 is 0 Å². The van der Waals surface area contributed by atoms with Gasteiger partial charge in [0, 0.05) is 45.1 Å². The summed E-state index contributed by atoms with van der Waals surface area (Å²) in [5, 5.41) is 7.31. The van der Waals surface area contributed by atoms with Crippen molar-refractivity contribution < 1.29 is 9.59 Å². The molecule has 2 aromatic heterocycles. The molecule has 3 heterocycles. The molecule has 8 nitrogen and oxygen atoms in total. The maximum atomic E-state index is 11.8. The van der Waals surface area contributed by atoms with Crippen LogP contribution in [-0.4, -0.2) is 72.5 Å². The first-order valence-electron chi connectivity index (χ1n) is 9.05. The highest BCUT2D eigenvalue weighted by molar-refractivity contribution is 7.12. The first-order chi connectivity index (χ1) is 13.2. The number of nitrogens with one attached hydrogen (secondary N) is 2. The highest BCUT2D eigenvalue weighted by Crippen LogP contribution is 2.09. The molecular weight excluding hydrogens is 364 g/mol. The van der Waals surface area contributed by atoms with E-state index >= 15 is 0 Å². The fourth-order valence-electron chi connectivity index (χ4n) is 2.87. The molecule has 9 heteroatoms. The van der Waals surface area contributed by atoms with Crippen molar-refractivity contribution in [1.82, 2.24) is 25.5 Å². The van der Waals surface area contributed by atoms with Crippen LogP contribution in [0, 0.1) is 0 Å². The van der Waals surface area contributed by atoms with Gasteiger partial charge in [0.1, 0.15) is 0 Å². The van der Waals surface area contributed by atoms with Crippen LogP contribution in [0.1, 0.15) is 16.1 Å². The minimum Gasteiger partial charge on any atom is -0.355 e. The second-order valence-corrected chi connectivity index (χ2v) is 7.19. The molecule has 1 saturated heterocycles. The number of carbonyl (C=O) groups excluding carboxylic acids is 2. The number of hydrogen-bond acceptors (Lipinski definition) is 7. The Morgan fingerprint density at radius 1 is 1.07 bits per heavy atom. The quantitative estimate of drug-likeness (QED) is 0.644. The number of amides is 2. The highest BCUT2D eigenvalue weighted by Gasteiger charge is 2.18. The van der Waals surface area contributed by atoms with Crippen LogP contribution in [0.2, 0.25) is 0 Å². The van der Waals surface area contributed by atoms with Crippen LogP contribution in [0.3, 0.4) is 0 Å². The monoisotopic (exact) mass is 388 g/mol. The fraction of sp³-hybridized carbons (Fsp3) is 0.444. The molecule has 0 aromatic carbocycles. The van der Waals surface area contributed by atoms with Gasteiger partial charge in [-0.3, -0.25) is 14.5 Å². The average Bonchev–Trinajstić information content (AvgIpc) is 3.25. The van der Waals surface area contributed by atoms with Crippen molar-refractivity contribution in [1.29, 1.82) is 0 Å². The molecule has 144 valence electrons. The molecule has 0 atom stereocenters. The van der Waals surface area contributed by atoms with E-state index in [9.17, 15) is 9.59 Å². The SMILES string of the molecule is O=C(CNC(=O)c1cccs1)NCCCN1CCN(c2ncccn2)CC1. The largest absolute Gasteiger partial charge is 0.355 e. The summed E-state index contributed by atoms with van der Waals surface area (Å²) in [7, 11) is 0. The Morgan fingerprint density at radius 3 is 2.56 bits per heavy atom. The zero-order chi connectivity index (χ0) is 18.9. The standard InChI is InChI=1S/C18H24N6O2S/c25-16(14-22-17(26)15-4-1-13-27-15)19-7-3-8-23-9-11-24(12-10-23)18-20-5-2-6-21-18/h1-2,4-6,13H,3,7-12,14H2,(H,19,25)(H,22,26). The lowest BCUT2D eigenvalue weighted by Gasteiger charge is -2.34. The van der Waals surface area contributed by atoms with Crippen LogP contribution in [0.15, 0.2) is 36.0 Å². The van der Waals surface area contributed by atoms with E-state index in [0.717, 1.165) is 45.1 Å². The van der Waals surface area contributed by atoms with Crippen LogP contribution < -0.4 is 15.5 Å². The molecule has 0 bridgehead atoms. The molecule has 0 unspecified atom stereocenters. The van der Waals surface area contributed by atoms with Gasteiger partial charge in [-0.25, -0.2) is 9.97 Å². The maximum Gasteiger partial charge on any atom is 0.261 e. The van der Waals surface area contributed by atoms with E-state index in [1.54, 1.807) is 18.5 Å². The molecule has 2 amide bonds. The van der Waals surface area contributed by atoms with Gasteiger partial charge in [-0.1, -0.05) is 6.07 Å². The zero-order valence-corrected chi connectivity index (χ0v) is 16.0. The van der Waals surface area contributed by atoms with Gasteiger partial charge in [0.05, 0.1) is 11.4 Å². The van der Waals surface area contributed by atoms with Crippen molar-refractivity contribution in [3.63, 3.8) is 0 Å².